The number of nitrogens with one attached hydrogen (secondary N) is 1. The van der Waals surface area contributed by atoms with Gasteiger partial charge >= 0.3 is 0 Å². The maximum Gasteiger partial charge on any atom is 0.258 e. The molecule has 0 spiro atoms. The van der Waals surface area contributed by atoms with E-state index in [9.17, 15) is 0 Å². The first-order chi connectivity index (χ1) is 12.4. The molecule has 0 aliphatic heterocycles. The Balaban J connectivity index is 2.51. The fourth-order valence-corrected chi connectivity index (χ4v) is 3.01. The lowest BCUT2D eigenvalue weighted by atomic mass is 10.1. The molecule has 2 heterocycles. The van der Waals surface area contributed by atoms with Crippen molar-refractivity contribution in [3.63, 3.8) is 0 Å². The second-order valence-electron chi connectivity index (χ2n) is 6.27. The summed E-state index contributed by atoms with van der Waals surface area (Å²) in [4.78, 5) is 13.9. The Labute approximate surface area is 163 Å². The van der Waals surface area contributed by atoms with E-state index < -0.39 is 0 Å². The van der Waals surface area contributed by atoms with Crippen LogP contribution in [0.5, 0.6) is 11.8 Å². The minimum atomic E-state index is 0.107. The van der Waals surface area contributed by atoms with Crippen molar-refractivity contribution in [1.29, 1.82) is 0 Å². The summed E-state index contributed by atoms with van der Waals surface area (Å²) >= 11 is 3.53. The van der Waals surface area contributed by atoms with Crippen molar-refractivity contribution in [2.24, 2.45) is 0 Å². The van der Waals surface area contributed by atoms with Gasteiger partial charge in [0, 0.05) is 12.7 Å². The second kappa shape index (κ2) is 9.16. The molecule has 0 atom stereocenters. The third-order valence-corrected chi connectivity index (χ3v) is 4.72. The summed E-state index contributed by atoms with van der Waals surface area (Å²) in [5.41, 5.74) is 2.41. The number of halogens is 1. The first kappa shape index (κ1) is 20.4. The van der Waals surface area contributed by atoms with Crippen molar-refractivity contribution in [1.82, 2.24) is 15.0 Å². The standard InChI is InChI=1S/C19H27BrN4O2/c1-7-12(8-2)26-19-17(21-5)23-15(16(20)24-19)13-9-10-14(11(3)4)22-18(13)25-6/h9-12H,7-8H2,1-6H3,(H,21,23). The Morgan fingerprint density at radius 1 is 1.08 bits per heavy atom. The molecule has 0 aromatic carbocycles. The normalized spacial score (nSPS) is 11.1. The van der Waals surface area contributed by atoms with Crippen LogP contribution in [0.4, 0.5) is 5.82 Å². The van der Waals surface area contributed by atoms with Crippen LogP contribution in [0.2, 0.25) is 0 Å². The van der Waals surface area contributed by atoms with Gasteiger partial charge in [0.05, 0.1) is 12.7 Å². The number of hydrogen-bond acceptors (Lipinski definition) is 6. The molecule has 7 heteroatoms. The van der Waals surface area contributed by atoms with Gasteiger partial charge in [0.2, 0.25) is 5.88 Å². The quantitative estimate of drug-likeness (QED) is 0.642. The van der Waals surface area contributed by atoms with Gasteiger partial charge in [0.25, 0.3) is 5.88 Å². The van der Waals surface area contributed by atoms with E-state index in [-0.39, 0.29) is 6.10 Å². The summed E-state index contributed by atoms with van der Waals surface area (Å²) in [5, 5.41) is 3.07. The van der Waals surface area contributed by atoms with Crippen molar-refractivity contribution in [2.75, 3.05) is 19.5 Å². The Hall–Kier alpha value is -1.89. The fourth-order valence-electron chi connectivity index (χ4n) is 2.54. The minimum absolute atomic E-state index is 0.107. The van der Waals surface area contributed by atoms with Gasteiger partial charge < -0.3 is 14.8 Å². The van der Waals surface area contributed by atoms with Gasteiger partial charge in [-0.3, -0.25) is 0 Å². The first-order valence-corrected chi connectivity index (χ1v) is 9.71. The molecule has 6 nitrogen and oxygen atoms in total. The van der Waals surface area contributed by atoms with Crippen molar-refractivity contribution in [2.45, 2.75) is 52.6 Å². The van der Waals surface area contributed by atoms with Crippen molar-refractivity contribution in [3.8, 4) is 23.0 Å². The molecule has 1 N–H and O–H groups in total. The Morgan fingerprint density at radius 2 is 1.77 bits per heavy atom. The van der Waals surface area contributed by atoms with Crippen LogP contribution in [0.15, 0.2) is 16.7 Å². The molecule has 0 saturated heterocycles. The Morgan fingerprint density at radius 3 is 2.31 bits per heavy atom. The van der Waals surface area contributed by atoms with Crippen LogP contribution in [0.25, 0.3) is 11.3 Å². The van der Waals surface area contributed by atoms with E-state index >= 15 is 0 Å². The minimum Gasteiger partial charge on any atom is -0.480 e. The molecule has 0 aliphatic carbocycles. The molecule has 0 fully saturated rings. The zero-order valence-electron chi connectivity index (χ0n) is 16.3. The fraction of sp³-hybridized carbons (Fsp3) is 0.526. The number of aromatic nitrogens is 3. The van der Waals surface area contributed by atoms with Gasteiger partial charge in [-0.25, -0.2) is 15.0 Å². The van der Waals surface area contributed by atoms with E-state index in [2.05, 4.69) is 58.9 Å². The summed E-state index contributed by atoms with van der Waals surface area (Å²) in [7, 11) is 3.42. The third-order valence-electron chi connectivity index (χ3n) is 4.17. The van der Waals surface area contributed by atoms with Gasteiger partial charge in [-0.2, -0.15) is 0 Å². The summed E-state index contributed by atoms with van der Waals surface area (Å²) < 4.78 is 12.1. The molecule has 142 valence electrons. The molecule has 0 unspecified atom stereocenters. The SMILES string of the molecule is CCC(CC)Oc1nc(Br)c(-c2ccc(C(C)C)nc2OC)nc1NC. The lowest BCUT2D eigenvalue weighted by molar-refractivity contribution is 0.185. The van der Waals surface area contributed by atoms with Crippen LogP contribution in [0.1, 0.15) is 52.1 Å². The topological polar surface area (TPSA) is 69.2 Å². The molecule has 0 radical (unpaired) electrons. The highest BCUT2D eigenvalue weighted by atomic mass is 79.9. The molecular weight excluding hydrogens is 396 g/mol. The number of rotatable bonds is 8. The molecule has 2 rings (SSSR count). The lowest BCUT2D eigenvalue weighted by Crippen LogP contribution is -2.16. The van der Waals surface area contributed by atoms with Crippen molar-refractivity contribution >= 4 is 21.7 Å². The number of anilines is 1. The van der Waals surface area contributed by atoms with E-state index in [0.29, 0.717) is 33.8 Å². The van der Waals surface area contributed by atoms with E-state index in [0.717, 1.165) is 24.1 Å². The van der Waals surface area contributed by atoms with Crippen LogP contribution in [-0.4, -0.2) is 35.2 Å². The lowest BCUT2D eigenvalue weighted by Gasteiger charge is -2.18. The number of nitrogens with zero attached hydrogens (tertiary/aromatic N) is 3. The molecule has 0 bridgehead atoms. The van der Waals surface area contributed by atoms with Crippen LogP contribution in [0, 0.1) is 0 Å². The van der Waals surface area contributed by atoms with Gasteiger partial charge in [-0.15, -0.1) is 0 Å². The average molecular weight is 423 g/mol. The summed E-state index contributed by atoms with van der Waals surface area (Å²) in [6.45, 7) is 8.38. The number of ether oxygens (including phenoxy) is 2. The van der Waals surface area contributed by atoms with E-state index in [1.807, 2.05) is 12.1 Å². The van der Waals surface area contributed by atoms with Crippen LogP contribution in [0.3, 0.4) is 0 Å². The van der Waals surface area contributed by atoms with Crippen LogP contribution >= 0.6 is 15.9 Å². The number of methoxy groups -OCH3 is 1. The monoisotopic (exact) mass is 422 g/mol. The Bertz CT molecular complexity index is 749. The van der Waals surface area contributed by atoms with E-state index in [1.165, 1.54) is 0 Å². The second-order valence-corrected chi connectivity index (χ2v) is 7.02. The van der Waals surface area contributed by atoms with Gasteiger partial charge in [0.1, 0.15) is 16.4 Å². The van der Waals surface area contributed by atoms with E-state index in [4.69, 9.17) is 14.5 Å². The van der Waals surface area contributed by atoms with Gasteiger partial charge in [-0.1, -0.05) is 27.7 Å². The third kappa shape index (κ3) is 4.44. The first-order valence-electron chi connectivity index (χ1n) is 8.92. The highest BCUT2D eigenvalue weighted by Gasteiger charge is 2.20. The molecule has 0 amide bonds. The number of hydrogen-bond donors (Lipinski definition) is 1. The molecule has 0 saturated carbocycles. The zero-order valence-corrected chi connectivity index (χ0v) is 17.8. The largest absolute Gasteiger partial charge is 0.480 e. The number of pyridine rings is 1. The molecule has 0 aliphatic rings. The zero-order chi connectivity index (χ0) is 19.3. The van der Waals surface area contributed by atoms with Crippen molar-refractivity contribution in [3.05, 3.63) is 22.4 Å². The summed E-state index contributed by atoms with van der Waals surface area (Å²) in [6, 6.07) is 3.96. The summed E-state index contributed by atoms with van der Waals surface area (Å²) in [5.74, 6) is 1.92. The van der Waals surface area contributed by atoms with Crippen molar-refractivity contribution < 1.29 is 9.47 Å². The Kier molecular flexibility index (Phi) is 7.20. The smallest absolute Gasteiger partial charge is 0.258 e. The van der Waals surface area contributed by atoms with Gasteiger partial charge in [0.15, 0.2) is 5.82 Å². The highest BCUT2D eigenvalue weighted by molar-refractivity contribution is 9.10. The molecule has 26 heavy (non-hydrogen) atoms. The molecule has 2 aromatic rings. The highest BCUT2D eigenvalue weighted by Crippen LogP contribution is 2.36. The van der Waals surface area contributed by atoms with E-state index in [1.54, 1.807) is 14.2 Å². The maximum absolute atomic E-state index is 6.00. The average Bonchev–Trinajstić information content (AvgIpc) is 2.65. The maximum atomic E-state index is 6.00. The van der Waals surface area contributed by atoms with Crippen LogP contribution in [-0.2, 0) is 0 Å². The summed E-state index contributed by atoms with van der Waals surface area (Å²) in [6.07, 6.45) is 1.93. The predicted octanol–water partition coefficient (Wildman–Crippen LogP) is 5.04. The molecular formula is C19H27BrN4O2. The molecule has 2 aromatic heterocycles. The van der Waals surface area contributed by atoms with Crippen LogP contribution < -0.4 is 14.8 Å². The predicted molar refractivity (Wildman–Crippen MR) is 108 cm³/mol. The van der Waals surface area contributed by atoms with Gasteiger partial charge in [-0.05, 0) is 46.8 Å².